The van der Waals surface area contributed by atoms with Gasteiger partial charge in [0.15, 0.2) is 0 Å². The number of para-hydroxylation sites is 2. The van der Waals surface area contributed by atoms with Gasteiger partial charge in [-0.2, -0.15) is 0 Å². The number of pyridine rings is 1. The first-order valence-corrected chi connectivity index (χ1v) is 10.4. The standard InChI is InChI=1S/C22H26N6O/c29-22(27-11-5-6-12-27)28-19-8-2-1-7-18(19)24-21(28)17-25-13-15-26(16-14-25)20-9-3-4-10-23-20/h1-4,7-10H,5-6,11-17H2. The Morgan fingerprint density at radius 1 is 0.897 bits per heavy atom. The summed E-state index contributed by atoms with van der Waals surface area (Å²) in [4.78, 5) is 29.2. The third-order valence-electron chi connectivity index (χ3n) is 5.91. The van der Waals surface area contributed by atoms with Crippen LogP contribution in [0.1, 0.15) is 18.7 Å². The Labute approximate surface area is 170 Å². The molecule has 29 heavy (non-hydrogen) atoms. The molecular weight excluding hydrogens is 364 g/mol. The van der Waals surface area contributed by atoms with Crippen LogP contribution in [0.5, 0.6) is 0 Å². The highest BCUT2D eigenvalue weighted by atomic mass is 16.2. The summed E-state index contributed by atoms with van der Waals surface area (Å²) in [5.41, 5.74) is 1.80. The molecule has 7 heteroatoms. The Balaban J connectivity index is 1.35. The van der Waals surface area contributed by atoms with E-state index in [1.165, 1.54) is 0 Å². The maximum absolute atomic E-state index is 13.2. The highest BCUT2D eigenvalue weighted by molar-refractivity contribution is 5.90. The normalized spacial score (nSPS) is 17.9. The minimum absolute atomic E-state index is 0.0679. The van der Waals surface area contributed by atoms with Gasteiger partial charge in [0.25, 0.3) is 0 Å². The molecule has 0 atom stereocenters. The number of nitrogens with zero attached hydrogens (tertiary/aromatic N) is 6. The van der Waals surface area contributed by atoms with Crippen LogP contribution in [0.25, 0.3) is 11.0 Å². The molecule has 0 radical (unpaired) electrons. The van der Waals surface area contributed by atoms with Crippen LogP contribution in [0, 0.1) is 0 Å². The minimum atomic E-state index is 0.0679. The van der Waals surface area contributed by atoms with E-state index in [-0.39, 0.29) is 6.03 Å². The van der Waals surface area contributed by atoms with Gasteiger partial charge in [0.2, 0.25) is 0 Å². The molecule has 2 aliphatic rings. The number of fused-ring (bicyclic) bond motifs is 1. The van der Waals surface area contributed by atoms with Crippen molar-refractivity contribution in [1.82, 2.24) is 24.3 Å². The third-order valence-corrected chi connectivity index (χ3v) is 5.91. The molecule has 3 aromatic rings. The van der Waals surface area contributed by atoms with Gasteiger partial charge >= 0.3 is 6.03 Å². The van der Waals surface area contributed by atoms with Gasteiger partial charge < -0.3 is 9.80 Å². The second-order valence-electron chi connectivity index (χ2n) is 7.78. The van der Waals surface area contributed by atoms with E-state index < -0.39 is 0 Å². The van der Waals surface area contributed by atoms with Crippen LogP contribution in [0.2, 0.25) is 0 Å². The first-order valence-electron chi connectivity index (χ1n) is 10.4. The molecular formula is C22H26N6O. The monoisotopic (exact) mass is 390 g/mol. The summed E-state index contributed by atoms with van der Waals surface area (Å²) in [7, 11) is 0. The Kier molecular flexibility index (Phi) is 4.89. The molecule has 4 heterocycles. The smallest absolute Gasteiger partial charge is 0.330 e. The van der Waals surface area contributed by atoms with Crippen LogP contribution >= 0.6 is 0 Å². The maximum Gasteiger partial charge on any atom is 0.330 e. The lowest BCUT2D eigenvalue weighted by Gasteiger charge is -2.35. The Bertz CT molecular complexity index is 987. The molecule has 2 fully saturated rings. The van der Waals surface area contributed by atoms with Crippen molar-refractivity contribution in [2.75, 3.05) is 44.2 Å². The minimum Gasteiger partial charge on any atom is -0.354 e. The molecule has 0 saturated carbocycles. The van der Waals surface area contributed by atoms with E-state index in [9.17, 15) is 4.79 Å². The molecule has 7 nitrogen and oxygen atoms in total. The fraction of sp³-hybridized carbons (Fsp3) is 0.409. The van der Waals surface area contributed by atoms with Crippen molar-refractivity contribution < 1.29 is 4.79 Å². The van der Waals surface area contributed by atoms with Crippen LogP contribution < -0.4 is 4.90 Å². The lowest BCUT2D eigenvalue weighted by atomic mass is 10.3. The highest BCUT2D eigenvalue weighted by Crippen LogP contribution is 2.21. The number of hydrogen-bond donors (Lipinski definition) is 0. The molecule has 0 unspecified atom stereocenters. The van der Waals surface area contributed by atoms with Gasteiger partial charge in [0.1, 0.15) is 11.6 Å². The molecule has 0 spiro atoms. The Hall–Kier alpha value is -2.93. The molecule has 1 aromatic carbocycles. The first kappa shape index (κ1) is 18.1. The van der Waals surface area contributed by atoms with E-state index in [2.05, 4.69) is 20.9 Å². The van der Waals surface area contributed by atoms with Crippen LogP contribution in [0.3, 0.4) is 0 Å². The van der Waals surface area contributed by atoms with Crippen molar-refractivity contribution in [1.29, 1.82) is 0 Å². The number of carbonyl (C=O) groups is 1. The van der Waals surface area contributed by atoms with Crippen molar-refractivity contribution in [2.24, 2.45) is 0 Å². The van der Waals surface area contributed by atoms with Gasteiger partial charge in [-0.25, -0.2) is 19.3 Å². The van der Waals surface area contributed by atoms with E-state index in [0.29, 0.717) is 6.54 Å². The van der Waals surface area contributed by atoms with Crippen molar-refractivity contribution in [2.45, 2.75) is 19.4 Å². The maximum atomic E-state index is 13.2. The Morgan fingerprint density at radius 3 is 2.41 bits per heavy atom. The number of imidazole rings is 1. The number of benzene rings is 1. The van der Waals surface area contributed by atoms with Crippen molar-refractivity contribution in [3.63, 3.8) is 0 Å². The lowest BCUT2D eigenvalue weighted by Crippen LogP contribution is -2.46. The van der Waals surface area contributed by atoms with Gasteiger partial charge in [0.05, 0.1) is 17.6 Å². The zero-order valence-corrected chi connectivity index (χ0v) is 16.6. The largest absolute Gasteiger partial charge is 0.354 e. The average molecular weight is 390 g/mol. The van der Waals surface area contributed by atoms with Gasteiger partial charge in [-0.1, -0.05) is 18.2 Å². The summed E-state index contributed by atoms with van der Waals surface area (Å²) in [6, 6.07) is 14.1. The van der Waals surface area contributed by atoms with E-state index in [4.69, 9.17) is 4.98 Å². The summed E-state index contributed by atoms with van der Waals surface area (Å²) < 4.78 is 1.84. The summed E-state index contributed by atoms with van der Waals surface area (Å²) in [6.45, 7) is 6.08. The summed E-state index contributed by atoms with van der Waals surface area (Å²) in [5, 5.41) is 0. The second kappa shape index (κ2) is 7.83. The van der Waals surface area contributed by atoms with Crippen molar-refractivity contribution in [3.8, 4) is 0 Å². The number of aromatic nitrogens is 3. The SMILES string of the molecule is O=C(N1CCCC1)n1c(CN2CCN(c3ccccn3)CC2)nc2ccccc21. The van der Waals surface area contributed by atoms with Gasteiger partial charge in [-0.15, -0.1) is 0 Å². The summed E-state index contributed by atoms with van der Waals surface area (Å²) in [5.74, 6) is 1.87. The van der Waals surface area contributed by atoms with Crippen LogP contribution in [-0.4, -0.2) is 69.6 Å². The average Bonchev–Trinajstić information content (AvgIpc) is 3.42. The van der Waals surface area contributed by atoms with Gasteiger partial charge in [-0.05, 0) is 37.1 Å². The molecule has 0 bridgehead atoms. The summed E-state index contributed by atoms with van der Waals surface area (Å²) in [6.07, 6.45) is 4.01. The zero-order valence-electron chi connectivity index (χ0n) is 16.6. The van der Waals surface area contributed by atoms with E-state index in [1.807, 2.05) is 52.1 Å². The quantitative estimate of drug-likeness (QED) is 0.688. The first-order chi connectivity index (χ1) is 14.3. The van der Waals surface area contributed by atoms with Crippen molar-refractivity contribution >= 4 is 22.9 Å². The zero-order chi connectivity index (χ0) is 19.6. The number of piperazine rings is 1. The van der Waals surface area contributed by atoms with Crippen LogP contribution in [0.4, 0.5) is 10.6 Å². The van der Waals surface area contributed by atoms with E-state index >= 15 is 0 Å². The third kappa shape index (κ3) is 3.58. The lowest BCUT2D eigenvalue weighted by molar-refractivity contribution is 0.206. The van der Waals surface area contributed by atoms with E-state index in [1.54, 1.807) is 0 Å². The molecule has 1 amide bonds. The Morgan fingerprint density at radius 2 is 1.66 bits per heavy atom. The molecule has 2 aliphatic heterocycles. The molecule has 150 valence electrons. The number of hydrogen-bond acceptors (Lipinski definition) is 5. The van der Waals surface area contributed by atoms with Crippen LogP contribution in [-0.2, 0) is 6.54 Å². The predicted octanol–water partition coefficient (Wildman–Crippen LogP) is 2.82. The number of carbonyl (C=O) groups excluding carboxylic acids is 1. The molecule has 2 aromatic heterocycles. The molecule has 0 N–H and O–H groups in total. The number of anilines is 1. The van der Waals surface area contributed by atoms with Gasteiger partial charge in [0, 0.05) is 45.5 Å². The fourth-order valence-corrected chi connectivity index (χ4v) is 4.32. The van der Waals surface area contributed by atoms with Crippen LogP contribution in [0.15, 0.2) is 48.7 Å². The highest BCUT2D eigenvalue weighted by Gasteiger charge is 2.26. The topological polar surface area (TPSA) is 57.5 Å². The number of amides is 1. The summed E-state index contributed by atoms with van der Waals surface area (Å²) >= 11 is 0. The second-order valence-corrected chi connectivity index (χ2v) is 7.78. The van der Waals surface area contributed by atoms with Gasteiger partial charge in [-0.3, -0.25) is 4.90 Å². The number of rotatable bonds is 3. The van der Waals surface area contributed by atoms with E-state index in [0.717, 1.165) is 74.8 Å². The molecule has 2 saturated heterocycles. The molecule has 0 aliphatic carbocycles. The fourth-order valence-electron chi connectivity index (χ4n) is 4.32. The number of likely N-dealkylation sites (tertiary alicyclic amines) is 1. The molecule has 5 rings (SSSR count). The van der Waals surface area contributed by atoms with Crippen molar-refractivity contribution in [3.05, 3.63) is 54.5 Å². The predicted molar refractivity (Wildman–Crippen MR) is 113 cm³/mol.